The molecule has 2 aromatic carbocycles. The maximum Gasteiger partial charge on any atom is 0.338 e. The first-order valence-electron chi connectivity index (χ1n) is 12.7. The predicted molar refractivity (Wildman–Crippen MR) is 150 cm³/mol. The van der Waals surface area contributed by atoms with E-state index < -0.39 is 12.0 Å². The number of allylic oxidation sites excluding steroid dienone is 1. The van der Waals surface area contributed by atoms with Crippen LogP contribution in [0.1, 0.15) is 49.9 Å². The summed E-state index contributed by atoms with van der Waals surface area (Å²) in [6, 6.07) is 13.4. The van der Waals surface area contributed by atoms with Crippen LogP contribution in [0.25, 0.3) is 0 Å². The summed E-state index contributed by atoms with van der Waals surface area (Å²) in [7, 11) is 0. The van der Waals surface area contributed by atoms with Gasteiger partial charge in [-0.05, 0) is 50.5 Å². The van der Waals surface area contributed by atoms with E-state index in [2.05, 4.69) is 42.9 Å². The maximum atomic E-state index is 13.2. The fourth-order valence-corrected chi connectivity index (χ4v) is 4.90. The van der Waals surface area contributed by atoms with Crippen LogP contribution in [0.2, 0.25) is 0 Å². The number of thioether (sulfide) groups is 1. The lowest BCUT2D eigenvalue weighted by Crippen LogP contribution is -2.29. The third-order valence-corrected chi connectivity index (χ3v) is 6.92. The van der Waals surface area contributed by atoms with E-state index in [1.165, 1.54) is 5.56 Å². The average Bonchev–Trinajstić information content (AvgIpc) is 3.31. The van der Waals surface area contributed by atoms with E-state index in [0.29, 0.717) is 47.1 Å². The summed E-state index contributed by atoms with van der Waals surface area (Å²) in [6.45, 7) is 12.6. The fraction of sp³-hybridized carbons (Fsp3) is 0.345. The van der Waals surface area contributed by atoms with Gasteiger partial charge in [-0.25, -0.2) is 9.48 Å². The third-order valence-electron chi connectivity index (χ3n) is 5.88. The minimum atomic E-state index is -0.558. The van der Waals surface area contributed by atoms with E-state index in [4.69, 9.17) is 19.3 Å². The number of carbonyl (C=O) groups is 1. The molecule has 4 rings (SSSR count). The summed E-state index contributed by atoms with van der Waals surface area (Å²) in [5.74, 6) is 2.25. The van der Waals surface area contributed by atoms with Gasteiger partial charge in [-0.15, -0.1) is 5.10 Å². The molecule has 0 saturated heterocycles. The van der Waals surface area contributed by atoms with Gasteiger partial charge in [-0.3, -0.25) is 0 Å². The minimum Gasteiger partial charge on any atom is -0.490 e. The van der Waals surface area contributed by atoms with Gasteiger partial charge in [0, 0.05) is 11.4 Å². The molecular formula is C29H34N4O4S. The summed E-state index contributed by atoms with van der Waals surface area (Å²) in [5.41, 5.74) is 4.17. The van der Waals surface area contributed by atoms with Crippen molar-refractivity contribution in [1.82, 2.24) is 14.8 Å². The summed E-state index contributed by atoms with van der Waals surface area (Å²) in [5, 5.41) is 8.63. The largest absolute Gasteiger partial charge is 0.490 e. The number of anilines is 1. The van der Waals surface area contributed by atoms with Crippen LogP contribution in [0.4, 0.5) is 5.95 Å². The SMILES string of the molecule is C=CCOC(=O)C1=C(C)Nc2nc(SCCC)nn2C1c1ccc(OCc2cccc(C)c2)c(OCC)c1. The number of rotatable bonds is 12. The van der Waals surface area contributed by atoms with Crippen LogP contribution in [0.3, 0.4) is 0 Å². The quantitative estimate of drug-likeness (QED) is 0.170. The van der Waals surface area contributed by atoms with Gasteiger partial charge >= 0.3 is 5.97 Å². The second-order valence-electron chi connectivity index (χ2n) is 8.88. The van der Waals surface area contributed by atoms with Crippen LogP contribution in [0, 0.1) is 6.92 Å². The zero-order valence-corrected chi connectivity index (χ0v) is 23.1. The molecule has 9 heteroatoms. The van der Waals surface area contributed by atoms with Gasteiger partial charge in [0.1, 0.15) is 19.3 Å². The lowest BCUT2D eigenvalue weighted by atomic mass is 9.95. The van der Waals surface area contributed by atoms with E-state index >= 15 is 0 Å². The second-order valence-corrected chi connectivity index (χ2v) is 9.94. The van der Waals surface area contributed by atoms with Gasteiger partial charge < -0.3 is 19.5 Å². The smallest absolute Gasteiger partial charge is 0.338 e. The summed E-state index contributed by atoms with van der Waals surface area (Å²) < 4.78 is 19.3. The number of hydrogen-bond acceptors (Lipinski definition) is 8. The number of aromatic nitrogens is 3. The minimum absolute atomic E-state index is 0.111. The Labute approximate surface area is 228 Å². The Hall–Kier alpha value is -3.72. The molecule has 0 fully saturated rings. The average molecular weight is 535 g/mol. The second kappa shape index (κ2) is 12.7. The number of aryl methyl sites for hydroxylation is 1. The Bertz CT molecular complexity index is 1330. The molecule has 0 amide bonds. The van der Waals surface area contributed by atoms with Crippen molar-refractivity contribution in [3.05, 3.63) is 83.1 Å². The van der Waals surface area contributed by atoms with Crippen molar-refractivity contribution in [3.63, 3.8) is 0 Å². The van der Waals surface area contributed by atoms with E-state index in [1.807, 2.05) is 44.2 Å². The van der Waals surface area contributed by atoms with Crippen LogP contribution in [-0.4, -0.2) is 39.7 Å². The first-order valence-corrected chi connectivity index (χ1v) is 13.7. The van der Waals surface area contributed by atoms with Crippen molar-refractivity contribution in [1.29, 1.82) is 0 Å². The lowest BCUT2D eigenvalue weighted by molar-refractivity contribution is -0.138. The van der Waals surface area contributed by atoms with Crippen molar-refractivity contribution in [2.24, 2.45) is 0 Å². The van der Waals surface area contributed by atoms with Crippen molar-refractivity contribution in [2.75, 3.05) is 24.3 Å². The molecule has 0 bridgehead atoms. The molecule has 38 heavy (non-hydrogen) atoms. The van der Waals surface area contributed by atoms with Gasteiger partial charge in [-0.1, -0.05) is 67.2 Å². The Morgan fingerprint density at radius 2 is 2.00 bits per heavy atom. The molecule has 1 atom stereocenters. The van der Waals surface area contributed by atoms with E-state index in [0.717, 1.165) is 23.3 Å². The molecule has 2 heterocycles. The molecule has 1 unspecified atom stereocenters. The third kappa shape index (κ3) is 6.22. The van der Waals surface area contributed by atoms with Crippen LogP contribution in [0.5, 0.6) is 11.5 Å². The summed E-state index contributed by atoms with van der Waals surface area (Å²) in [6.07, 6.45) is 2.55. The van der Waals surface area contributed by atoms with Gasteiger partial charge in [0.05, 0.1) is 12.2 Å². The van der Waals surface area contributed by atoms with Crippen molar-refractivity contribution in [3.8, 4) is 11.5 Å². The van der Waals surface area contributed by atoms with Gasteiger partial charge in [0.25, 0.3) is 0 Å². The fourth-order valence-electron chi connectivity index (χ4n) is 4.22. The zero-order valence-electron chi connectivity index (χ0n) is 22.3. The predicted octanol–water partition coefficient (Wildman–Crippen LogP) is 6.08. The first-order chi connectivity index (χ1) is 18.4. The number of carbonyl (C=O) groups excluding carboxylic acids is 1. The maximum absolute atomic E-state index is 13.2. The molecule has 0 saturated carbocycles. The van der Waals surface area contributed by atoms with Gasteiger partial charge in [-0.2, -0.15) is 4.98 Å². The van der Waals surface area contributed by atoms with Crippen molar-refractivity contribution < 1.29 is 19.0 Å². The Morgan fingerprint density at radius 1 is 1.16 bits per heavy atom. The van der Waals surface area contributed by atoms with Crippen molar-refractivity contribution in [2.45, 2.75) is 51.9 Å². The number of esters is 1. The molecule has 1 aliphatic rings. The molecule has 1 aromatic heterocycles. The van der Waals surface area contributed by atoms with Gasteiger partial charge in [0.15, 0.2) is 11.5 Å². The topological polar surface area (TPSA) is 87.5 Å². The summed E-state index contributed by atoms with van der Waals surface area (Å²) >= 11 is 1.58. The standard InChI is InChI=1S/C29H34N4O4S/c1-6-14-36-27(34)25-20(5)30-28-31-29(38-15-7-2)32-33(28)26(25)22-12-13-23(24(17-22)35-8-3)37-18-21-11-9-10-19(4)16-21/h6,9-13,16-17,26H,1,7-8,14-15,18H2,2-5H3,(H,30,31,32). The number of ether oxygens (including phenoxy) is 3. The van der Waals surface area contributed by atoms with E-state index in [1.54, 1.807) is 22.5 Å². The Balaban J connectivity index is 1.72. The molecule has 0 spiro atoms. The highest BCUT2D eigenvalue weighted by atomic mass is 32.2. The normalized spacial score (nSPS) is 14.5. The molecule has 200 valence electrons. The van der Waals surface area contributed by atoms with Crippen molar-refractivity contribution >= 4 is 23.7 Å². The van der Waals surface area contributed by atoms with E-state index in [9.17, 15) is 4.79 Å². The zero-order chi connectivity index (χ0) is 27.1. The number of fused-ring (bicyclic) bond motifs is 1. The molecule has 8 nitrogen and oxygen atoms in total. The molecule has 1 aliphatic heterocycles. The van der Waals surface area contributed by atoms with Crippen LogP contribution in [-0.2, 0) is 16.1 Å². The number of hydrogen-bond donors (Lipinski definition) is 1. The molecule has 1 N–H and O–H groups in total. The number of nitrogens with one attached hydrogen (secondary N) is 1. The monoisotopic (exact) mass is 534 g/mol. The molecular weight excluding hydrogens is 500 g/mol. The molecule has 3 aromatic rings. The first kappa shape index (κ1) is 27.3. The highest BCUT2D eigenvalue weighted by Gasteiger charge is 2.35. The van der Waals surface area contributed by atoms with Crippen LogP contribution in [0.15, 0.2) is 71.5 Å². The Morgan fingerprint density at radius 3 is 2.74 bits per heavy atom. The highest BCUT2D eigenvalue weighted by molar-refractivity contribution is 7.99. The Kier molecular flexibility index (Phi) is 9.12. The lowest BCUT2D eigenvalue weighted by Gasteiger charge is -2.28. The number of nitrogens with zero attached hydrogens (tertiary/aromatic N) is 3. The van der Waals surface area contributed by atoms with Crippen LogP contribution >= 0.6 is 11.8 Å². The van der Waals surface area contributed by atoms with Crippen LogP contribution < -0.4 is 14.8 Å². The van der Waals surface area contributed by atoms with Gasteiger partial charge in [0.2, 0.25) is 11.1 Å². The highest BCUT2D eigenvalue weighted by Crippen LogP contribution is 2.40. The molecule has 0 radical (unpaired) electrons. The number of benzene rings is 2. The molecule has 0 aliphatic carbocycles. The summed E-state index contributed by atoms with van der Waals surface area (Å²) in [4.78, 5) is 17.9. The van der Waals surface area contributed by atoms with E-state index in [-0.39, 0.29) is 6.61 Å².